The van der Waals surface area contributed by atoms with Crippen LogP contribution in [0.3, 0.4) is 0 Å². The smallest absolute Gasteiger partial charge is 0.252 e. The molecule has 100 valence electrons. The summed E-state index contributed by atoms with van der Waals surface area (Å²) in [5, 5.41) is 12.3. The third-order valence-corrected chi connectivity index (χ3v) is 4.54. The Morgan fingerprint density at radius 2 is 2.11 bits per heavy atom. The van der Waals surface area contributed by atoms with Gasteiger partial charge in [-0.05, 0) is 42.4 Å². The predicted octanol–water partition coefficient (Wildman–Crippen LogP) is 2.77. The molecule has 1 saturated heterocycles. The van der Waals surface area contributed by atoms with Crippen LogP contribution in [0.1, 0.15) is 35.7 Å². The molecule has 1 aromatic rings. The molecule has 3 nitrogen and oxygen atoms in total. The van der Waals surface area contributed by atoms with E-state index in [1.54, 1.807) is 0 Å². The zero-order valence-electron chi connectivity index (χ0n) is 11.1. The molecule has 19 heavy (non-hydrogen) atoms. The number of thioether (sulfide) groups is 1. The second-order valence-corrected chi connectivity index (χ2v) is 6.00. The van der Waals surface area contributed by atoms with E-state index in [1.165, 1.54) is 0 Å². The summed E-state index contributed by atoms with van der Waals surface area (Å²) in [5.41, 5.74) is 1.04. The number of aryl methyl sites for hydroxylation is 1. The van der Waals surface area contributed by atoms with Crippen molar-refractivity contribution >= 4 is 17.7 Å². The van der Waals surface area contributed by atoms with Gasteiger partial charge >= 0.3 is 0 Å². The summed E-state index contributed by atoms with van der Waals surface area (Å²) in [6.45, 7) is 2.03. The molecule has 1 heterocycles. The van der Waals surface area contributed by atoms with Crippen molar-refractivity contribution in [1.29, 1.82) is 5.26 Å². The summed E-state index contributed by atoms with van der Waals surface area (Å²) in [4.78, 5) is 12.4. The molecule has 1 fully saturated rings. The number of amides is 1. The minimum atomic E-state index is -0.677. The molecule has 4 heteroatoms. The number of carbonyl (C=O) groups excluding carboxylic acids is 1. The van der Waals surface area contributed by atoms with E-state index in [0.29, 0.717) is 5.56 Å². The summed E-state index contributed by atoms with van der Waals surface area (Å²) in [6.07, 6.45) is 2.28. The minimum Gasteiger partial charge on any atom is -0.334 e. The molecule has 0 atom stereocenters. The standard InChI is InChI=1S/C15H18N2OS/c1-2-12-5-3-4-6-13(12)14(18)17-15(11-16)7-9-19-10-8-15/h3-6H,2,7-10H2,1H3,(H,17,18). The number of carbonyl (C=O) groups is 1. The molecule has 1 amide bonds. The van der Waals surface area contributed by atoms with E-state index in [4.69, 9.17) is 0 Å². The van der Waals surface area contributed by atoms with Gasteiger partial charge in [0, 0.05) is 5.56 Å². The molecule has 2 rings (SSSR count). The summed E-state index contributed by atoms with van der Waals surface area (Å²) in [5.74, 6) is 1.75. The average molecular weight is 274 g/mol. The maximum atomic E-state index is 12.4. The van der Waals surface area contributed by atoms with E-state index in [-0.39, 0.29) is 5.91 Å². The van der Waals surface area contributed by atoms with E-state index >= 15 is 0 Å². The van der Waals surface area contributed by atoms with Crippen molar-refractivity contribution in [2.75, 3.05) is 11.5 Å². The van der Waals surface area contributed by atoms with Gasteiger partial charge in [0.15, 0.2) is 0 Å². The van der Waals surface area contributed by atoms with Gasteiger partial charge in [-0.2, -0.15) is 17.0 Å². The number of benzene rings is 1. The van der Waals surface area contributed by atoms with Gasteiger partial charge in [-0.1, -0.05) is 25.1 Å². The van der Waals surface area contributed by atoms with Crippen molar-refractivity contribution in [3.8, 4) is 6.07 Å². The van der Waals surface area contributed by atoms with Crippen LogP contribution in [-0.4, -0.2) is 23.0 Å². The first-order valence-corrected chi connectivity index (χ1v) is 7.75. The van der Waals surface area contributed by atoms with Crippen LogP contribution in [0.5, 0.6) is 0 Å². The zero-order valence-corrected chi connectivity index (χ0v) is 11.9. The fourth-order valence-corrected chi connectivity index (χ4v) is 3.51. The summed E-state index contributed by atoms with van der Waals surface area (Å²) >= 11 is 1.84. The SMILES string of the molecule is CCc1ccccc1C(=O)NC1(C#N)CCSCC1. The lowest BCUT2D eigenvalue weighted by molar-refractivity contribution is 0.0914. The van der Waals surface area contributed by atoms with Gasteiger partial charge < -0.3 is 5.32 Å². The number of hydrogen-bond donors (Lipinski definition) is 1. The molecule has 1 aliphatic rings. The van der Waals surface area contributed by atoms with Crippen molar-refractivity contribution in [2.45, 2.75) is 31.7 Å². The highest BCUT2D eigenvalue weighted by Crippen LogP contribution is 2.27. The maximum absolute atomic E-state index is 12.4. The van der Waals surface area contributed by atoms with Gasteiger partial charge in [0.1, 0.15) is 5.54 Å². The second-order valence-electron chi connectivity index (χ2n) is 4.77. The average Bonchev–Trinajstić information content (AvgIpc) is 2.48. The van der Waals surface area contributed by atoms with Gasteiger partial charge in [-0.15, -0.1) is 0 Å². The van der Waals surface area contributed by atoms with E-state index in [0.717, 1.165) is 36.3 Å². The second kappa shape index (κ2) is 6.12. The molecule has 0 saturated carbocycles. The van der Waals surface area contributed by atoms with Crippen LogP contribution in [-0.2, 0) is 6.42 Å². The Morgan fingerprint density at radius 3 is 2.74 bits per heavy atom. The predicted molar refractivity (Wildman–Crippen MR) is 78.2 cm³/mol. The fourth-order valence-electron chi connectivity index (χ4n) is 2.32. The quantitative estimate of drug-likeness (QED) is 0.922. The molecular formula is C15H18N2OS. The Bertz CT molecular complexity index is 501. The van der Waals surface area contributed by atoms with Crippen molar-refractivity contribution < 1.29 is 4.79 Å². The molecule has 0 unspecified atom stereocenters. The van der Waals surface area contributed by atoms with E-state index in [2.05, 4.69) is 11.4 Å². The minimum absolute atomic E-state index is 0.120. The van der Waals surface area contributed by atoms with Crippen LogP contribution >= 0.6 is 11.8 Å². The zero-order chi connectivity index (χ0) is 13.7. The van der Waals surface area contributed by atoms with Crippen LogP contribution in [0.15, 0.2) is 24.3 Å². The summed E-state index contributed by atoms with van der Waals surface area (Å²) < 4.78 is 0. The maximum Gasteiger partial charge on any atom is 0.252 e. The normalized spacial score (nSPS) is 17.5. The van der Waals surface area contributed by atoms with Gasteiger partial charge in [-0.25, -0.2) is 0 Å². The number of hydrogen-bond acceptors (Lipinski definition) is 3. The van der Waals surface area contributed by atoms with Gasteiger partial charge in [0.25, 0.3) is 5.91 Å². The number of nitrogens with one attached hydrogen (secondary N) is 1. The Labute approximate surface area is 118 Å². The van der Waals surface area contributed by atoms with E-state index in [1.807, 2.05) is 43.0 Å². The number of nitriles is 1. The van der Waals surface area contributed by atoms with Crippen LogP contribution < -0.4 is 5.32 Å². The molecule has 0 bridgehead atoms. The van der Waals surface area contributed by atoms with Gasteiger partial charge in [-0.3, -0.25) is 4.79 Å². The molecule has 1 aliphatic heterocycles. The number of nitrogens with zero attached hydrogens (tertiary/aromatic N) is 1. The van der Waals surface area contributed by atoms with E-state index < -0.39 is 5.54 Å². The summed E-state index contributed by atoms with van der Waals surface area (Å²) in [6, 6.07) is 9.91. The highest BCUT2D eigenvalue weighted by Gasteiger charge is 2.34. The molecular weight excluding hydrogens is 256 g/mol. The fraction of sp³-hybridized carbons (Fsp3) is 0.467. The molecule has 0 radical (unpaired) electrons. The molecule has 1 aromatic carbocycles. The molecule has 0 aromatic heterocycles. The highest BCUT2D eigenvalue weighted by atomic mass is 32.2. The summed E-state index contributed by atoms with van der Waals surface area (Å²) in [7, 11) is 0. The van der Waals surface area contributed by atoms with Crippen molar-refractivity contribution in [3.05, 3.63) is 35.4 Å². The lowest BCUT2D eigenvalue weighted by Gasteiger charge is -2.31. The number of rotatable bonds is 3. The van der Waals surface area contributed by atoms with Crippen molar-refractivity contribution in [1.82, 2.24) is 5.32 Å². The van der Waals surface area contributed by atoms with Crippen LogP contribution in [0.2, 0.25) is 0 Å². The van der Waals surface area contributed by atoms with Crippen LogP contribution in [0.4, 0.5) is 0 Å². The lowest BCUT2D eigenvalue weighted by atomic mass is 9.93. The topological polar surface area (TPSA) is 52.9 Å². The van der Waals surface area contributed by atoms with Crippen molar-refractivity contribution in [3.63, 3.8) is 0 Å². The largest absolute Gasteiger partial charge is 0.334 e. The third-order valence-electron chi connectivity index (χ3n) is 3.56. The third kappa shape index (κ3) is 3.10. The van der Waals surface area contributed by atoms with Crippen LogP contribution in [0.25, 0.3) is 0 Å². The Hall–Kier alpha value is -1.47. The lowest BCUT2D eigenvalue weighted by Crippen LogP contribution is -2.49. The molecule has 0 spiro atoms. The Balaban J connectivity index is 2.18. The van der Waals surface area contributed by atoms with Crippen molar-refractivity contribution in [2.24, 2.45) is 0 Å². The Morgan fingerprint density at radius 1 is 1.42 bits per heavy atom. The first kappa shape index (κ1) is 14.0. The monoisotopic (exact) mass is 274 g/mol. The first-order chi connectivity index (χ1) is 9.21. The molecule has 0 aliphatic carbocycles. The Kier molecular flexibility index (Phi) is 4.49. The highest BCUT2D eigenvalue weighted by molar-refractivity contribution is 7.99. The first-order valence-electron chi connectivity index (χ1n) is 6.60. The van der Waals surface area contributed by atoms with Crippen LogP contribution in [0, 0.1) is 11.3 Å². The van der Waals surface area contributed by atoms with E-state index in [9.17, 15) is 10.1 Å². The van der Waals surface area contributed by atoms with Gasteiger partial charge in [0.2, 0.25) is 0 Å². The molecule has 1 N–H and O–H groups in total. The van der Waals surface area contributed by atoms with Gasteiger partial charge in [0.05, 0.1) is 6.07 Å².